The number of carboxylic acids is 1. The van der Waals surface area contributed by atoms with E-state index in [1.807, 2.05) is 42.5 Å². The van der Waals surface area contributed by atoms with Crippen LogP contribution in [0.3, 0.4) is 0 Å². The van der Waals surface area contributed by atoms with Gasteiger partial charge >= 0.3 is 5.97 Å². The summed E-state index contributed by atoms with van der Waals surface area (Å²) in [6.45, 7) is 0. The number of dihydropyridines is 1. The molecule has 1 aliphatic carbocycles. The number of fused-ring (bicyclic) bond motifs is 1. The summed E-state index contributed by atoms with van der Waals surface area (Å²) in [5.74, 6) is -2.57. The number of allylic oxidation sites excluding steroid dienone is 5. The summed E-state index contributed by atoms with van der Waals surface area (Å²) < 4.78 is 0.821. The third kappa shape index (κ3) is 5.26. The van der Waals surface area contributed by atoms with Gasteiger partial charge in [-0.2, -0.15) is 5.10 Å². The van der Waals surface area contributed by atoms with Crippen LogP contribution < -0.4 is 0 Å². The van der Waals surface area contributed by atoms with E-state index in [1.165, 1.54) is 18.2 Å². The SMILES string of the molecule is O=C(O)CCC(=O)N1N=C(C2=C(c3ccccc3)C3C=C(Br)C=CC3=NC2=O)CC1c1cccc([N+](=O)[O-])c1. The molecule has 2 aromatic carbocycles. The molecule has 0 saturated heterocycles. The summed E-state index contributed by atoms with van der Waals surface area (Å²) in [5, 5.41) is 26.2. The quantitative estimate of drug-likeness (QED) is 0.356. The second-order valence-corrected chi connectivity index (χ2v) is 10.0. The van der Waals surface area contributed by atoms with E-state index in [1.54, 1.807) is 12.1 Å². The molecule has 0 aromatic heterocycles. The van der Waals surface area contributed by atoms with Crippen LogP contribution in [0.2, 0.25) is 0 Å². The lowest BCUT2D eigenvalue weighted by atomic mass is 9.79. The number of halogens is 1. The molecular weight excluding hydrogens is 568 g/mol. The third-order valence-electron chi connectivity index (χ3n) is 6.64. The minimum absolute atomic E-state index is 0.0929. The predicted octanol–water partition coefficient (Wildman–Crippen LogP) is 4.99. The lowest BCUT2D eigenvalue weighted by molar-refractivity contribution is -0.385. The molecule has 2 heterocycles. The van der Waals surface area contributed by atoms with Crippen molar-refractivity contribution in [2.45, 2.75) is 25.3 Å². The fourth-order valence-corrected chi connectivity index (χ4v) is 5.29. The van der Waals surface area contributed by atoms with Gasteiger partial charge in [-0.25, -0.2) is 10.0 Å². The van der Waals surface area contributed by atoms with Crippen LogP contribution in [-0.2, 0) is 14.4 Å². The number of aliphatic carboxylic acids is 1. The summed E-state index contributed by atoms with van der Waals surface area (Å²) in [7, 11) is 0. The van der Waals surface area contributed by atoms with Crippen LogP contribution in [0.1, 0.15) is 36.4 Å². The molecule has 1 N–H and O–H groups in total. The number of hydrogen-bond acceptors (Lipinski definition) is 6. The number of hydrazone groups is 1. The molecule has 0 saturated carbocycles. The van der Waals surface area contributed by atoms with E-state index in [4.69, 9.17) is 5.11 Å². The number of nitro groups is 1. The van der Waals surface area contributed by atoms with Gasteiger partial charge in [0.1, 0.15) is 0 Å². The normalized spacial score (nSPS) is 20.3. The lowest BCUT2D eigenvalue weighted by Crippen LogP contribution is -2.27. The summed E-state index contributed by atoms with van der Waals surface area (Å²) in [6.07, 6.45) is 4.90. The van der Waals surface area contributed by atoms with E-state index in [2.05, 4.69) is 26.0 Å². The molecule has 2 unspecified atom stereocenters. The number of amides is 2. The Morgan fingerprint density at radius 1 is 1.10 bits per heavy atom. The van der Waals surface area contributed by atoms with E-state index in [-0.39, 0.29) is 30.0 Å². The Labute approximate surface area is 231 Å². The van der Waals surface area contributed by atoms with Gasteiger partial charge in [-0.3, -0.25) is 24.5 Å². The smallest absolute Gasteiger partial charge is 0.303 e. The Hall–Kier alpha value is -4.51. The Kier molecular flexibility index (Phi) is 7.16. The Balaban J connectivity index is 1.64. The molecule has 39 heavy (non-hydrogen) atoms. The van der Waals surface area contributed by atoms with E-state index in [9.17, 15) is 24.5 Å². The van der Waals surface area contributed by atoms with Crippen molar-refractivity contribution in [3.8, 4) is 0 Å². The number of benzene rings is 2. The number of carbonyl (C=O) groups excluding carboxylic acids is 2. The summed E-state index contributed by atoms with van der Waals surface area (Å²) in [5.41, 5.74) is 2.90. The fourth-order valence-electron chi connectivity index (χ4n) is 4.90. The third-order valence-corrected chi connectivity index (χ3v) is 7.17. The molecule has 3 aliphatic rings. The standard InChI is InChI=1S/C28H21BrN4O6/c29-18-9-10-21-20(14-18)26(16-5-2-1-3-6-16)27(28(37)30-21)22-15-23(17-7-4-8-19(13-17)33(38)39)32(31-22)24(34)11-12-25(35)36/h1-10,13-14,20,23H,11-12,15H2,(H,35,36). The van der Waals surface area contributed by atoms with E-state index >= 15 is 0 Å². The van der Waals surface area contributed by atoms with Crippen LogP contribution in [-0.4, -0.2) is 44.2 Å². The van der Waals surface area contributed by atoms with Gasteiger partial charge in [-0.15, -0.1) is 0 Å². The van der Waals surface area contributed by atoms with Crippen molar-refractivity contribution in [2.24, 2.45) is 16.0 Å². The second kappa shape index (κ2) is 10.7. The topological polar surface area (TPSA) is 143 Å². The van der Waals surface area contributed by atoms with Gasteiger partial charge in [0.2, 0.25) is 5.91 Å². The first-order chi connectivity index (χ1) is 18.7. The highest BCUT2D eigenvalue weighted by molar-refractivity contribution is 9.11. The van der Waals surface area contributed by atoms with Crippen LogP contribution in [0, 0.1) is 16.0 Å². The number of hydrogen-bond donors (Lipinski definition) is 1. The number of non-ortho nitro benzene ring substituents is 1. The van der Waals surface area contributed by atoms with Gasteiger partial charge in [-0.1, -0.05) is 64.5 Å². The minimum Gasteiger partial charge on any atom is -0.481 e. The molecule has 0 spiro atoms. The maximum Gasteiger partial charge on any atom is 0.303 e. The number of rotatable bonds is 7. The van der Waals surface area contributed by atoms with Gasteiger partial charge in [0.05, 0.1) is 34.4 Å². The number of carboxylic acid groups (broad SMARTS) is 1. The van der Waals surface area contributed by atoms with Crippen molar-refractivity contribution in [1.29, 1.82) is 0 Å². The summed E-state index contributed by atoms with van der Waals surface area (Å²) in [4.78, 5) is 53.0. The first-order valence-electron chi connectivity index (χ1n) is 12.1. The van der Waals surface area contributed by atoms with Gasteiger partial charge in [-0.05, 0) is 28.9 Å². The number of carbonyl (C=O) groups is 3. The average molecular weight is 589 g/mol. The highest BCUT2D eigenvalue weighted by Gasteiger charge is 2.40. The van der Waals surface area contributed by atoms with Crippen molar-refractivity contribution in [1.82, 2.24) is 5.01 Å². The van der Waals surface area contributed by atoms with Crippen LogP contribution in [0.15, 0.2) is 93.0 Å². The average Bonchev–Trinajstić information content (AvgIpc) is 3.37. The zero-order valence-corrected chi connectivity index (χ0v) is 21.9. The lowest BCUT2D eigenvalue weighted by Gasteiger charge is -2.27. The molecular formula is C28H21BrN4O6. The predicted molar refractivity (Wildman–Crippen MR) is 147 cm³/mol. The largest absolute Gasteiger partial charge is 0.481 e. The minimum atomic E-state index is -1.14. The molecule has 0 radical (unpaired) electrons. The fraction of sp³-hybridized carbons (Fsp3) is 0.179. The van der Waals surface area contributed by atoms with Crippen LogP contribution in [0.4, 0.5) is 5.69 Å². The maximum atomic E-state index is 13.5. The van der Waals surface area contributed by atoms with Crippen LogP contribution >= 0.6 is 15.9 Å². The van der Waals surface area contributed by atoms with Crippen molar-refractivity contribution < 1.29 is 24.4 Å². The first kappa shape index (κ1) is 26.1. The van der Waals surface area contributed by atoms with Gasteiger partial charge < -0.3 is 5.11 Å². The molecule has 5 rings (SSSR count). The van der Waals surface area contributed by atoms with E-state index in [0.29, 0.717) is 22.6 Å². The Morgan fingerprint density at radius 3 is 2.59 bits per heavy atom. The van der Waals surface area contributed by atoms with Crippen molar-refractivity contribution in [3.63, 3.8) is 0 Å². The zero-order chi connectivity index (χ0) is 27.7. The van der Waals surface area contributed by atoms with Crippen molar-refractivity contribution in [3.05, 3.63) is 104 Å². The molecule has 2 aliphatic heterocycles. The summed E-state index contributed by atoms with van der Waals surface area (Å²) in [6, 6.07) is 14.4. The van der Waals surface area contributed by atoms with Crippen molar-refractivity contribution >= 4 is 56.4 Å². The van der Waals surface area contributed by atoms with Gasteiger partial charge in [0.15, 0.2) is 0 Å². The highest BCUT2D eigenvalue weighted by Crippen LogP contribution is 2.42. The van der Waals surface area contributed by atoms with E-state index in [0.717, 1.165) is 15.1 Å². The molecule has 11 heteroatoms. The molecule has 196 valence electrons. The number of aliphatic imine (C=N–C) groups is 1. The van der Waals surface area contributed by atoms with Crippen LogP contribution in [0.25, 0.3) is 5.57 Å². The van der Waals surface area contributed by atoms with Crippen molar-refractivity contribution in [2.75, 3.05) is 0 Å². The van der Waals surface area contributed by atoms with Crippen LogP contribution in [0.5, 0.6) is 0 Å². The second-order valence-electron chi connectivity index (χ2n) is 9.11. The molecule has 2 aromatic rings. The number of nitrogens with zero attached hydrogens (tertiary/aromatic N) is 4. The highest BCUT2D eigenvalue weighted by atomic mass is 79.9. The van der Waals surface area contributed by atoms with Gasteiger partial charge in [0.25, 0.3) is 11.6 Å². The number of nitro benzene ring substituents is 1. The molecule has 10 nitrogen and oxygen atoms in total. The maximum absolute atomic E-state index is 13.5. The summed E-state index contributed by atoms with van der Waals surface area (Å²) >= 11 is 3.51. The zero-order valence-electron chi connectivity index (χ0n) is 20.4. The Bertz CT molecular complexity index is 1560. The van der Waals surface area contributed by atoms with Gasteiger partial charge in [0, 0.05) is 35.4 Å². The molecule has 0 bridgehead atoms. The van der Waals surface area contributed by atoms with E-state index < -0.39 is 35.2 Å². The monoisotopic (exact) mass is 588 g/mol. The molecule has 2 atom stereocenters. The Morgan fingerprint density at radius 2 is 1.87 bits per heavy atom. The molecule has 0 fully saturated rings. The molecule has 2 amide bonds. The first-order valence-corrected chi connectivity index (χ1v) is 12.9.